The maximum Gasteiger partial charge on any atom is 0.329 e. The SMILES string of the molecule is O=C1NC(=O)C2(CCN(Cc3ccccc3)CC2)N1c1ccccc1. The van der Waals surface area contributed by atoms with Crippen LogP contribution in [-0.4, -0.2) is 35.5 Å². The van der Waals surface area contributed by atoms with Crippen molar-refractivity contribution in [3.63, 3.8) is 0 Å². The van der Waals surface area contributed by atoms with Gasteiger partial charge in [-0.05, 0) is 30.5 Å². The molecule has 5 nitrogen and oxygen atoms in total. The van der Waals surface area contributed by atoms with Crippen LogP contribution in [0, 0.1) is 0 Å². The quantitative estimate of drug-likeness (QED) is 0.878. The van der Waals surface area contributed by atoms with Crippen molar-refractivity contribution < 1.29 is 9.59 Å². The maximum atomic E-state index is 12.6. The maximum absolute atomic E-state index is 12.6. The number of anilines is 1. The van der Waals surface area contributed by atoms with E-state index in [0.717, 1.165) is 25.3 Å². The zero-order valence-corrected chi connectivity index (χ0v) is 14.0. The molecule has 2 aromatic carbocycles. The minimum atomic E-state index is -0.758. The number of carbonyl (C=O) groups excluding carboxylic acids is 2. The summed E-state index contributed by atoms with van der Waals surface area (Å²) in [6.45, 7) is 2.45. The van der Waals surface area contributed by atoms with Crippen molar-refractivity contribution in [2.75, 3.05) is 18.0 Å². The first kappa shape index (κ1) is 15.8. The molecule has 25 heavy (non-hydrogen) atoms. The molecule has 0 radical (unpaired) electrons. The number of para-hydroxylation sites is 1. The minimum absolute atomic E-state index is 0.166. The smallest absolute Gasteiger partial charge is 0.299 e. The zero-order valence-electron chi connectivity index (χ0n) is 14.0. The fraction of sp³-hybridized carbons (Fsp3) is 0.300. The van der Waals surface area contributed by atoms with Gasteiger partial charge in [0, 0.05) is 25.3 Å². The van der Waals surface area contributed by atoms with Gasteiger partial charge in [-0.15, -0.1) is 0 Å². The van der Waals surface area contributed by atoms with E-state index in [0.29, 0.717) is 12.8 Å². The van der Waals surface area contributed by atoms with Crippen molar-refractivity contribution in [1.82, 2.24) is 10.2 Å². The van der Waals surface area contributed by atoms with Gasteiger partial charge >= 0.3 is 6.03 Å². The third-order valence-electron chi connectivity index (χ3n) is 5.22. The van der Waals surface area contributed by atoms with Crippen molar-refractivity contribution in [3.05, 3.63) is 66.2 Å². The van der Waals surface area contributed by atoms with Gasteiger partial charge in [0.1, 0.15) is 5.54 Å². The summed E-state index contributed by atoms with van der Waals surface area (Å²) in [5.74, 6) is -0.166. The zero-order chi connectivity index (χ0) is 17.3. The van der Waals surface area contributed by atoms with Crippen molar-refractivity contribution in [3.8, 4) is 0 Å². The molecule has 0 aliphatic carbocycles. The Labute approximate surface area is 147 Å². The summed E-state index contributed by atoms with van der Waals surface area (Å²) in [4.78, 5) is 29.0. The van der Waals surface area contributed by atoms with Gasteiger partial charge in [-0.2, -0.15) is 0 Å². The first-order chi connectivity index (χ1) is 12.2. The number of nitrogens with zero attached hydrogens (tertiary/aromatic N) is 2. The summed E-state index contributed by atoms with van der Waals surface area (Å²) in [6.07, 6.45) is 1.29. The summed E-state index contributed by atoms with van der Waals surface area (Å²) in [6, 6.07) is 19.5. The van der Waals surface area contributed by atoms with Crippen molar-refractivity contribution in [2.24, 2.45) is 0 Å². The van der Waals surface area contributed by atoms with Gasteiger partial charge in [-0.25, -0.2) is 4.79 Å². The third-order valence-corrected chi connectivity index (χ3v) is 5.22. The van der Waals surface area contributed by atoms with Gasteiger partial charge in [0.15, 0.2) is 0 Å². The van der Waals surface area contributed by atoms with Gasteiger partial charge in [-0.1, -0.05) is 48.5 Å². The van der Waals surface area contributed by atoms with E-state index in [-0.39, 0.29) is 11.9 Å². The molecule has 1 N–H and O–H groups in total. The molecular formula is C20H21N3O2. The highest BCUT2D eigenvalue weighted by Gasteiger charge is 2.54. The molecule has 0 unspecified atom stereocenters. The van der Waals surface area contributed by atoms with E-state index >= 15 is 0 Å². The minimum Gasteiger partial charge on any atom is -0.299 e. The van der Waals surface area contributed by atoms with Crippen molar-refractivity contribution in [2.45, 2.75) is 24.9 Å². The number of nitrogens with one attached hydrogen (secondary N) is 1. The van der Waals surface area contributed by atoms with Crippen LogP contribution in [0.5, 0.6) is 0 Å². The molecule has 2 aliphatic rings. The van der Waals surface area contributed by atoms with Crippen molar-refractivity contribution in [1.29, 1.82) is 0 Å². The third kappa shape index (κ3) is 2.81. The van der Waals surface area contributed by atoms with Gasteiger partial charge < -0.3 is 0 Å². The second-order valence-electron chi connectivity index (χ2n) is 6.72. The monoisotopic (exact) mass is 335 g/mol. The molecule has 2 saturated heterocycles. The molecule has 2 aromatic rings. The Kier molecular flexibility index (Phi) is 4.01. The van der Waals surface area contributed by atoms with Gasteiger partial charge in [-0.3, -0.25) is 19.9 Å². The predicted octanol–water partition coefficient (Wildman–Crippen LogP) is 2.78. The number of hydrogen-bond acceptors (Lipinski definition) is 3. The van der Waals surface area contributed by atoms with Crippen LogP contribution in [0.15, 0.2) is 60.7 Å². The number of rotatable bonds is 3. The number of amides is 3. The number of carbonyl (C=O) groups is 2. The lowest BCUT2D eigenvalue weighted by molar-refractivity contribution is -0.124. The second kappa shape index (κ2) is 6.33. The summed E-state index contributed by atoms with van der Waals surface area (Å²) in [5.41, 5.74) is 1.29. The average molecular weight is 335 g/mol. The molecular weight excluding hydrogens is 314 g/mol. The largest absolute Gasteiger partial charge is 0.329 e. The molecule has 128 valence electrons. The van der Waals surface area contributed by atoms with Crippen LogP contribution in [0.2, 0.25) is 0 Å². The van der Waals surface area contributed by atoms with Crippen LogP contribution < -0.4 is 10.2 Å². The Morgan fingerprint density at radius 3 is 2.12 bits per heavy atom. The topological polar surface area (TPSA) is 52.7 Å². The summed E-state index contributed by atoms with van der Waals surface area (Å²) >= 11 is 0. The van der Waals surface area contributed by atoms with Crippen LogP contribution in [0.25, 0.3) is 0 Å². The van der Waals surface area contributed by atoms with E-state index in [1.54, 1.807) is 4.90 Å². The molecule has 2 aliphatic heterocycles. The first-order valence-corrected chi connectivity index (χ1v) is 8.66. The van der Waals surface area contributed by atoms with E-state index in [2.05, 4.69) is 22.3 Å². The fourth-order valence-electron chi connectivity index (χ4n) is 3.88. The van der Waals surface area contributed by atoms with E-state index in [9.17, 15) is 9.59 Å². The molecule has 2 fully saturated rings. The Balaban J connectivity index is 1.53. The Hall–Kier alpha value is -2.66. The molecule has 0 bridgehead atoms. The highest BCUT2D eigenvalue weighted by atomic mass is 16.2. The van der Waals surface area contributed by atoms with Crippen LogP contribution in [0.1, 0.15) is 18.4 Å². The lowest BCUT2D eigenvalue weighted by atomic mass is 9.85. The van der Waals surface area contributed by atoms with Crippen LogP contribution >= 0.6 is 0 Å². The lowest BCUT2D eigenvalue weighted by Gasteiger charge is -2.42. The van der Waals surface area contributed by atoms with Gasteiger partial charge in [0.25, 0.3) is 5.91 Å². The summed E-state index contributed by atoms with van der Waals surface area (Å²) in [5, 5.41) is 2.52. The number of imide groups is 1. The van der Waals surface area contributed by atoms with Gasteiger partial charge in [0.05, 0.1) is 0 Å². The molecule has 0 atom stereocenters. The Morgan fingerprint density at radius 1 is 0.880 bits per heavy atom. The highest BCUT2D eigenvalue weighted by molar-refractivity contribution is 6.17. The lowest BCUT2D eigenvalue weighted by Crippen LogP contribution is -2.56. The molecule has 5 heteroatoms. The molecule has 0 saturated carbocycles. The predicted molar refractivity (Wildman–Crippen MR) is 96.1 cm³/mol. The van der Waals surface area contributed by atoms with Crippen LogP contribution in [0.4, 0.5) is 10.5 Å². The van der Waals surface area contributed by atoms with Crippen molar-refractivity contribution >= 4 is 17.6 Å². The first-order valence-electron chi connectivity index (χ1n) is 8.66. The van der Waals surface area contributed by atoms with E-state index in [4.69, 9.17) is 0 Å². The average Bonchev–Trinajstić information content (AvgIpc) is 2.88. The highest BCUT2D eigenvalue weighted by Crippen LogP contribution is 2.37. The van der Waals surface area contributed by atoms with E-state index in [1.165, 1.54) is 5.56 Å². The van der Waals surface area contributed by atoms with Crippen LogP contribution in [-0.2, 0) is 11.3 Å². The number of urea groups is 1. The number of benzene rings is 2. The van der Waals surface area contributed by atoms with Gasteiger partial charge in [0.2, 0.25) is 0 Å². The molecule has 3 amide bonds. The van der Waals surface area contributed by atoms with Crippen LogP contribution in [0.3, 0.4) is 0 Å². The molecule has 1 spiro atoms. The molecule has 4 rings (SSSR count). The second-order valence-corrected chi connectivity index (χ2v) is 6.72. The fourth-order valence-corrected chi connectivity index (χ4v) is 3.88. The Bertz CT molecular complexity index is 768. The number of hydrogen-bond donors (Lipinski definition) is 1. The molecule has 2 heterocycles. The van der Waals surface area contributed by atoms with E-state index in [1.807, 2.05) is 48.5 Å². The normalized spacial score (nSPS) is 20.1. The Morgan fingerprint density at radius 2 is 1.48 bits per heavy atom. The molecule has 0 aromatic heterocycles. The number of piperidine rings is 1. The summed E-state index contributed by atoms with van der Waals surface area (Å²) < 4.78 is 0. The van der Waals surface area contributed by atoms with E-state index < -0.39 is 5.54 Å². The summed E-state index contributed by atoms with van der Waals surface area (Å²) in [7, 11) is 0. The standard InChI is InChI=1S/C20H21N3O2/c24-18-20(23(19(25)21-18)17-9-5-2-6-10-17)11-13-22(14-12-20)15-16-7-3-1-4-8-16/h1-10H,11-15H2,(H,21,24,25). The number of likely N-dealkylation sites (tertiary alicyclic amines) is 1.